The predicted octanol–water partition coefficient (Wildman–Crippen LogP) is 2.68. The summed E-state index contributed by atoms with van der Waals surface area (Å²) in [5.74, 6) is -0.0869. The van der Waals surface area contributed by atoms with E-state index in [0.29, 0.717) is 12.1 Å². The molecule has 2 aromatic heterocycles. The van der Waals surface area contributed by atoms with Gasteiger partial charge in [-0.3, -0.25) is 4.79 Å². The number of carbonyl (C=O) groups excluding carboxylic acids is 1. The van der Waals surface area contributed by atoms with Crippen molar-refractivity contribution in [1.29, 1.82) is 0 Å². The molecule has 0 spiro atoms. The third kappa shape index (κ3) is 2.25. The Morgan fingerprint density at radius 2 is 2.11 bits per heavy atom. The molecule has 0 aliphatic carbocycles. The lowest BCUT2D eigenvalue weighted by Crippen LogP contribution is -2.22. The van der Waals surface area contributed by atoms with E-state index in [0.717, 1.165) is 28.3 Å². The summed E-state index contributed by atoms with van der Waals surface area (Å²) in [7, 11) is 0. The van der Waals surface area contributed by atoms with Crippen molar-refractivity contribution >= 4 is 40.0 Å². The van der Waals surface area contributed by atoms with Gasteiger partial charge < -0.3 is 5.32 Å². The van der Waals surface area contributed by atoms with Gasteiger partial charge in [0.15, 0.2) is 0 Å². The van der Waals surface area contributed by atoms with Gasteiger partial charge in [-0.15, -0.1) is 0 Å². The maximum atomic E-state index is 12.0. The van der Waals surface area contributed by atoms with Crippen LogP contribution in [-0.4, -0.2) is 14.7 Å². The van der Waals surface area contributed by atoms with Crippen molar-refractivity contribution in [1.82, 2.24) is 14.1 Å². The van der Waals surface area contributed by atoms with E-state index in [-0.39, 0.29) is 5.91 Å². The van der Waals surface area contributed by atoms with Gasteiger partial charge in [-0.2, -0.15) is 20.1 Å². The van der Waals surface area contributed by atoms with Gasteiger partial charge in [0.05, 0.1) is 11.7 Å². The van der Waals surface area contributed by atoms with Gasteiger partial charge in [0.25, 0.3) is 5.91 Å². The second-order valence-electron chi connectivity index (χ2n) is 3.78. The van der Waals surface area contributed by atoms with E-state index in [1.165, 1.54) is 0 Å². The molecule has 3 rings (SSSR count). The maximum Gasteiger partial charge on any atom is 0.251 e. The van der Waals surface area contributed by atoms with Crippen LogP contribution < -0.4 is 5.32 Å². The normalized spacial score (nSPS) is 10.7. The minimum absolute atomic E-state index is 0.0869. The van der Waals surface area contributed by atoms with E-state index in [2.05, 4.69) is 14.1 Å². The first kappa shape index (κ1) is 11.3. The molecule has 0 atom stereocenters. The van der Waals surface area contributed by atoms with Gasteiger partial charge >= 0.3 is 0 Å². The molecule has 0 aliphatic heterocycles. The summed E-state index contributed by atoms with van der Waals surface area (Å²) < 4.78 is 8.23. The fraction of sp³-hybridized carbons (Fsp3) is 0.0833. The van der Waals surface area contributed by atoms with Crippen molar-refractivity contribution in [2.24, 2.45) is 0 Å². The van der Waals surface area contributed by atoms with Gasteiger partial charge in [-0.1, -0.05) is 0 Å². The molecule has 18 heavy (non-hydrogen) atoms. The fourth-order valence-corrected chi connectivity index (χ4v) is 2.79. The SMILES string of the molecule is O=C(NCc1ccsc1)c1ccc2nsnc2c1. The van der Waals surface area contributed by atoms with Crippen LogP contribution in [0.1, 0.15) is 15.9 Å². The number of fused-ring (bicyclic) bond motifs is 1. The minimum atomic E-state index is -0.0869. The van der Waals surface area contributed by atoms with Crippen molar-refractivity contribution in [2.75, 3.05) is 0 Å². The molecule has 1 amide bonds. The van der Waals surface area contributed by atoms with Gasteiger partial charge in [0.1, 0.15) is 11.0 Å². The standard InChI is InChI=1S/C12H9N3OS2/c16-12(13-6-8-3-4-17-7-8)9-1-2-10-11(5-9)15-18-14-10/h1-5,7H,6H2,(H,13,16). The second kappa shape index (κ2) is 4.83. The predicted molar refractivity (Wildman–Crippen MR) is 72.9 cm³/mol. The Hall–Kier alpha value is -1.79. The number of hydrogen-bond acceptors (Lipinski definition) is 5. The summed E-state index contributed by atoms with van der Waals surface area (Å²) in [4.78, 5) is 12.0. The van der Waals surface area contributed by atoms with Gasteiger partial charge in [-0.05, 0) is 40.6 Å². The Bertz CT molecular complexity index is 676. The summed E-state index contributed by atoms with van der Waals surface area (Å²) in [6.07, 6.45) is 0. The smallest absolute Gasteiger partial charge is 0.251 e. The third-order valence-electron chi connectivity index (χ3n) is 2.55. The average molecular weight is 275 g/mol. The first-order valence-electron chi connectivity index (χ1n) is 5.34. The molecule has 6 heteroatoms. The molecule has 0 fully saturated rings. The van der Waals surface area contributed by atoms with Crippen molar-refractivity contribution in [3.05, 3.63) is 46.2 Å². The number of rotatable bonds is 3. The number of nitrogens with zero attached hydrogens (tertiary/aromatic N) is 2. The fourth-order valence-electron chi connectivity index (χ4n) is 1.60. The Morgan fingerprint density at radius 1 is 1.22 bits per heavy atom. The molecule has 3 aromatic rings. The molecule has 0 saturated carbocycles. The zero-order valence-corrected chi connectivity index (χ0v) is 10.9. The van der Waals surface area contributed by atoms with E-state index in [4.69, 9.17) is 0 Å². The second-order valence-corrected chi connectivity index (χ2v) is 5.09. The van der Waals surface area contributed by atoms with Crippen LogP contribution in [-0.2, 0) is 6.54 Å². The van der Waals surface area contributed by atoms with E-state index >= 15 is 0 Å². The zero-order chi connectivity index (χ0) is 12.4. The van der Waals surface area contributed by atoms with Crippen LogP contribution in [0.25, 0.3) is 11.0 Å². The highest BCUT2D eigenvalue weighted by Crippen LogP contribution is 2.13. The number of benzene rings is 1. The molecular weight excluding hydrogens is 266 g/mol. The quantitative estimate of drug-likeness (QED) is 0.799. The molecule has 0 unspecified atom stereocenters. The summed E-state index contributed by atoms with van der Waals surface area (Å²) in [6, 6.07) is 7.35. The molecule has 90 valence electrons. The van der Waals surface area contributed by atoms with Crippen LogP contribution in [0.3, 0.4) is 0 Å². The Labute approximate surface area is 112 Å². The summed E-state index contributed by atoms with van der Waals surface area (Å²) >= 11 is 2.78. The Morgan fingerprint density at radius 3 is 2.94 bits per heavy atom. The molecular formula is C12H9N3OS2. The van der Waals surface area contributed by atoms with E-state index in [1.54, 1.807) is 23.5 Å². The van der Waals surface area contributed by atoms with Crippen LogP contribution in [0.2, 0.25) is 0 Å². The lowest BCUT2D eigenvalue weighted by atomic mass is 10.2. The lowest BCUT2D eigenvalue weighted by molar-refractivity contribution is 0.0951. The number of nitrogens with one attached hydrogen (secondary N) is 1. The summed E-state index contributed by atoms with van der Waals surface area (Å²) in [5, 5.41) is 6.90. The van der Waals surface area contributed by atoms with Crippen molar-refractivity contribution in [3.63, 3.8) is 0 Å². The number of carbonyl (C=O) groups is 1. The van der Waals surface area contributed by atoms with Gasteiger partial charge in [-0.25, -0.2) is 0 Å². The van der Waals surface area contributed by atoms with E-state index in [1.807, 2.05) is 22.9 Å². The number of amides is 1. The minimum Gasteiger partial charge on any atom is -0.348 e. The molecule has 0 radical (unpaired) electrons. The highest BCUT2D eigenvalue weighted by atomic mass is 32.1. The number of thiophene rings is 1. The maximum absolute atomic E-state index is 12.0. The number of hydrogen-bond donors (Lipinski definition) is 1. The summed E-state index contributed by atoms with van der Waals surface area (Å²) in [5.41, 5.74) is 3.33. The van der Waals surface area contributed by atoms with Gasteiger partial charge in [0, 0.05) is 12.1 Å². The molecule has 1 N–H and O–H groups in total. The van der Waals surface area contributed by atoms with Gasteiger partial charge in [0.2, 0.25) is 0 Å². The Kier molecular flexibility index (Phi) is 3.04. The molecule has 4 nitrogen and oxygen atoms in total. The van der Waals surface area contributed by atoms with Crippen LogP contribution in [0.4, 0.5) is 0 Å². The first-order valence-corrected chi connectivity index (χ1v) is 7.02. The first-order chi connectivity index (χ1) is 8.83. The van der Waals surface area contributed by atoms with Crippen molar-refractivity contribution in [3.8, 4) is 0 Å². The average Bonchev–Trinajstić information content (AvgIpc) is 3.05. The topological polar surface area (TPSA) is 54.9 Å². The van der Waals surface area contributed by atoms with Crippen molar-refractivity contribution in [2.45, 2.75) is 6.54 Å². The van der Waals surface area contributed by atoms with E-state index < -0.39 is 0 Å². The molecule has 2 heterocycles. The van der Waals surface area contributed by atoms with Crippen LogP contribution in [0.15, 0.2) is 35.0 Å². The molecule has 0 bridgehead atoms. The zero-order valence-electron chi connectivity index (χ0n) is 9.29. The highest BCUT2D eigenvalue weighted by molar-refractivity contribution is 7.07. The molecule has 0 aliphatic rings. The van der Waals surface area contributed by atoms with Crippen molar-refractivity contribution < 1.29 is 4.79 Å². The molecule has 1 aromatic carbocycles. The van der Waals surface area contributed by atoms with Crippen LogP contribution in [0, 0.1) is 0 Å². The molecule has 0 saturated heterocycles. The van der Waals surface area contributed by atoms with Crippen LogP contribution >= 0.6 is 23.1 Å². The monoisotopic (exact) mass is 275 g/mol. The Balaban J connectivity index is 1.75. The third-order valence-corrected chi connectivity index (χ3v) is 3.84. The largest absolute Gasteiger partial charge is 0.348 e. The summed E-state index contributed by atoms with van der Waals surface area (Å²) in [6.45, 7) is 0.551. The van der Waals surface area contributed by atoms with E-state index in [9.17, 15) is 4.79 Å². The van der Waals surface area contributed by atoms with Crippen LogP contribution in [0.5, 0.6) is 0 Å². The lowest BCUT2D eigenvalue weighted by Gasteiger charge is -2.03. The highest BCUT2D eigenvalue weighted by Gasteiger charge is 2.07. The number of aromatic nitrogens is 2.